The second-order valence-electron chi connectivity index (χ2n) is 6.77. The molecule has 0 radical (unpaired) electrons. The van der Waals surface area contributed by atoms with E-state index < -0.39 is 42.0 Å². The van der Waals surface area contributed by atoms with Crippen molar-refractivity contribution < 1.29 is 38.1 Å². The van der Waals surface area contributed by atoms with Gasteiger partial charge in [0.1, 0.15) is 12.4 Å². The molecule has 0 saturated carbocycles. The Bertz CT molecular complexity index is 1170. The van der Waals surface area contributed by atoms with E-state index in [-0.39, 0.29) is 28.0 Å². The summed E-state index contributed by atoms with van der Waals surface area (Å²) in [5, 5.41) is 10.8. The maximum atomic E-state index is 13.0. The lowest BCUT2D eigenvalue weighted by Gasteiger charge is -2.14. The number of nitrogens with one attached hydrogen (secondary N) is 1. The maximum absolute atomic E-state index is 13.0. The summed E-state index contributed by atoms with van der Waals surface area (Å²) in [6.45, 7) is 0.820. The fraction of sp³-hybridized carbons (Fsp3) is 0.182. The number of imide groups is 1. The second-order valence-corrected chi connectivity index (χ2v) is 8.17. The number of benzene rings is 2. The monoisotopic (exact) mass is 508 g/mol. The average molecular weight is 509 g/mol. The van der Waals surface area contributed by atoms with Crippen molar-refractivity contribution in [3.05, 3.63) is 57.7 Å². The first-order valence-corrected chi connectivity index (χ1v) is 11.0. The average Bonchev–Trinajstić information content (AvgIpc) is 3.02. The van der Waals surface area contributed by atoms with Crippen LogP contribution < -0.4 is 14.8 Å². The summed E-state index contributed by atoms with van der Waals surface area (Å²) in [7, 11) is 0. The molecule has 0 spiro atoms. The third kappa shape index (κ3) is 6.27. The third-order valence-electron chi connectivity index (χ3n) is 4.27. The van der Waals surface area contributed by atoms with Crippen molar-refractivity contribution in [3.8, 4) is 11.5 Å². The van der Waals surface area contributed by atoms with E-state index in [1.54, 1.807) is 6.92 Å². The van der Waals surface area contributed by atoms with Crippen LogP contribution >= 0.6 is 23.4 Å². The number of carboxylic acids is 1. The number of carboxylic acid groups (broad SMARTS) is 1. The molecule has 1 fully saturated rings. The molecule has 2 aromatic rings. The van der Waals surface area contributed by atoms with E-state index in [4.69, 9.17) is 26.2 Å². The zero-order chi connectivity index (χ0) is 24.8. The smallest absolute Gasteiger partial charge is 0.323 e. The molecule has 0 bridgehead atoms. The topological polar surface area (TPSA) is 122 Å². The van der Waals surface area contributed by atoms with Crippen LogP contribution in [0, 0.1) is 5.82 Å². The molecule has 1 heterocycles. The molecule has 34 heavy (non-hydrogen) atoms. The second kappa shape index (κ2) is 11.0. The Balaban J connectivity index is 1.76. The Hall–Kier alpha value is -3.57. The van der Waals surface area contributed by atoms with Gasteiger partial charge in [-0.2, -0.15) is 0 Å². The SMILES string of the molecule is CCOc1cc(/C=C2/SC(=O)N(CC(=O)O)C2=O)cc(Cl)c1OCC(=O)Nc1ccc(F)cc1. The minimum Gasteiger partial charge on any atom is -0.490 e. The van der Waals surface area contributed by atoms with E-state index in [2.05, 4.69) is 5.32 Å². The lowest BCUT2D eigenvalue weighted by Crippen LogP contribution is -2.33. The summed E-state index contributed by atoms with van der Waals surface area (Å²) >= 11 is 6.93. The first-order valence-electron chi connectivity index (χ1n) is 9.79. The molecule has 1 aliphatic rings. The highest BCUT2D eigenvalue weighted by Gasteiger charge is 2.36. The van der Waals surface area contributed by atoms with Crippen LogP contribution in [0.25, 0.3) is 6.08 Å². The van der Waals surface area contributed by atoms with Crippen LogP contribution in [0.1, 0.15) is 12.5 Å². The van der Waals surface area contributed by atoms with E-state index in [1.807, 2.05) is 0 Å². The van der Waals surface area contributed by atoms with Crippen molar-refractivity contribution in [2.75, 3.05) is 25.1 Å². The number of halogens is 2. The zero-order valence-corrected chi connectivity index (χ0v) is 19.2. The molecular weight excluding hydrogens is 491 g/mol. The largest absolute Gasteiger partial charge is 0.490 e. The Morgan fingerprint density at radius 2 is 1.91 bits per heavy atom. The van der Waals surface area contributed by atoms with E-state index in [9.17, 15) is 23.6 Å². The highest BCUT2D eigenvalue weighted by molar-refractivity contribution is 8.18. The normalized spacial score (nSPS) is 14.4. The highest BCUT2D eigenvalue weighted by Crippen LogP contribution is 2.39. The van der Waals surface area contributed by atoms with Crippen LogP contribution in [-0.4, -0.2) is 52.8 Å². The number of anilines is 1. The number of rotatable bonds is 9. The van der Waals surface area contributed by atoms with Crippen molar-refractivity contribution in [3.63, 3.8) is 0 Å². The molecule has 0 aliphatic carbocycles. The summed E-state index contributed by atoms with van der Waals surface area (Å²) in [6.07, 6.45) is 1.38. The van der Waals surface area contributed by atoms with Crippen LogP contribution in [-0.2, 0) is 14.4 Å². The van der Waals surface area contributed by atoms with Gasteiger partial charge >= 0.3 is 5.97 Å². The van der Waals surface area contributed by atoms with Gasteiger partial charge in [0.15, 0.2) is 18.1 Å². The first-order chi connectivity index (χ1) is 16.2. The number of thioether (sulfide) groups is 1. The molecule has 178 valence electrons. The quantitative estimate of drug-likeness (QED) is 0.487. The summed E-state index contributed by atoms with van der Waals surface area (Å²) in [4.78, 5) is 48.0. The van der Waals surface area contributed by atoms with Gasteiger partial charge in [-0.25, -0.2) is 4.39 Å². The fourth-order valence-electron chi connectivity index (χ4n) is 2.87. The van der Waals surface area contributed by atoms with Gasteiger partial charge in [-0.15, -0.1) is 0 Å². The molecule has 2 N–H and O–H groups in total. The number of hydrogen-bond donors (Lipinski definition) is 2. The van der Waals surface area contributed by atoms with Crippen LogP contribution in [0.3, 0.4) is 0 Å². The first kappa shape index (κ1) is 25.1. The molecule has 3 rings (SSSR count). The number of aliphatic carboxylic acids is 1. The molecule has 12 heteroatoms. The molecule has 0 aromatic heterocycles. The number of nitrogens with zero attached hydrogens (tertiary/aromatic N) is 1. The summed E-state index contributed by atoms with van der Waals surface area (Å²) in [5.41, 5.74) is 0.788. The highest BCUT2D eigenvalue weighted by atomic mass is 35.5. The molecule has 0 atom stereocenters. The van der Waals surface area contributed by atoms with Gasteiger partial charge in [-0.05, 0) is 66.7 Å². The lowest BCUT2D eigenvalue weighted by molar-refractivity contribution is -0.140. The van der Waals surface area contributed by atoms with Gasteiger partial charge in [-0.3, -0.25) is 24.1 Å². The van der Waals surface area contributed by atoms with Crippen molar-refractivity contribution in [2.45, 2.75) is 6.92 Å². The van der Waals surface area contributed by atoms with Crippen LogP contribution in [0.4, 0.5) is 14.9 Å². The third-order valence-corrected chi connectivity index (χ3v) is 5.46. The molecular formula is C22H18ClFN2O7S. The Morgan fingerprint density at radius 1 is 1.21 bits per heavy atom. The van der Waals surface area contributed by atoms with E-state index in [0.29, 0.717) is 27.9 Å². The molecule has 3 amide bonds. The van der Waals surface area contributed by atoms with Crippen molar-refractivity contribution >= 4 is 58.1 Å². The van der Waals surface area contributed by atoms with Crippen LogP contribution in [0.15, 0.2) is 41.3 Å². The van der Waals surface area contributed by atoms with Crippen molar-refractivity contribution in [1.29, 1.82) is 0 Å². The predicted molar refractivity (Wildman–Crippen MR) is 123 cm³/mol. The zero-order valence-electron chi connectivity index (χ0n) is 17.7. The molecule has 9 nitrogen and oxygen atoms in total. The lowest BCUT2D eigenvalue weighted by atomic mass is 10.1. The number of carbonyl (C=O) groups is 4. The van der Waals surface area contributed by atoms with E-state index in [1.165, 1.54) is 42.5 Å². The van der Waals surface area contributed by atoms with Gasteiger partial charge in [0.2, 0.25) is 0 Å². The molecule has 1 aliphatic heterocycles. The van der Waals surface area contributed by atoms with E-state index >= 15 is 0 Å². The van der Waals surface area contributed by atoms with Gasteiger partial charge in [-0.1, -0.05) is 11.6 Å². The number of amides is 3. The van der Waals surface area contributed by atoms with Crippen molar-refractivity contribution in [1.82, 2.24) is 4.90 Å². The van der Waals surface area contributed by atoms with Gasteiger partial charge in [0.25, 0.3) is 17.1 Å². The van der Waals surface area contributed by atoms with Gasteiger partial charge < -0.3 is 19.9 Å². The number of ether oxygens (including phenoxy) is 2. The maximum Gasteiger partial charge on any atom is 0.323 e. The van der Waals surface area contributed by atoms with Gasteiger partial charge in [0, 0.05) is 5.69 Å². The minimum absolute atomic E-state index is 0.0251. The van der Waals surface area contributed by atoms with Crippen molar-refractivity contribution in [2.24, 2.45) is 0 Å². The van der Waals surface area contributed by atoms with Gasteiger partial charge in [0.05, 0.1) is 16.5 Å². The Labute approximate surface area is 202 Å². The fourth-order valence-corrected chi connectivity index (χ4v) is 3.98. The minimum atomic E-state index is -1.31. The Morgan fingerprint density at radius 3 is 2.56 bits per heavy atom. The summed E-state index contributed by atoms with van der Waals surface area (Å²) < 4.78 is 24.1. The summed E-state index contributed by atoms with van der Waals surface area (Å²) in [6, 6.07) is 8.17. The van der Waals surface area contributed by atoms with Crippen LogP contribution in [0.2, 0.25) is 5.02 Å². The van der Waals surface area contributed by atoms with Crippen LogP contribution in [0.5, 0.6) is 11.5 Å². The predicted octanol–water partition coefficient (Wildman–Crippen LogP) is 4.02. The Kier molecular flexibility index (Phi) is 8.13. The number of carbonyl (C=O) groups excluding carboxylic acids is 3. The molecule has 2 aromatic carbocycles. The molecule has 1 saturated heterocycles. The molecule has 0 unspecified atom stereocenters. The standard InChI is InChI=1S/C22H18ClFN2O7S/c1-2-32-16-8-12(9-17-21(30)26(10-19(28)29)22(31)34-17)7-15(23)20(16)33-11-18(27)25-14-5-3-13(24)4-6-14/h3-9H,2,10-11H2,1H3,(H,25,27)(H,28,29)/b17-9+. The number of hydrogen-bond acceptors (Lipinski definition) is 7. The van der Waals surface area contributed by atoms with E-state index in [0.717, 1.165) is 0 Å². The summed E-state index contributed by atoms with van der Waals surface area (Å²) in [5.74, 6) is -2.70.